The van der Waals surface area contributed by atoms with E-state index in [1.54, 1.807) is 12.1 Å². The van der Waals surface area contributed by atoms with Crippen LogP contribution in [0.15, 0.2) is 24.3 Å². The van der Waals surface area contributed by atoms with Gasteiger partial charge in [-0.1, -0.05) is 6.07 Å². The maximum absolute atomic E-state index is 13.3. The zero-order chi connectivity index (χ0) is 13.2. The number of halogens is 1. The lowest BCUT2D eigenvalue weighted by Crippen LogP contribution is -2.62. The fourth-order valence-electron chi connectivity index (χ4n) is 2.55. The summed E-state index contributed by atoms with van der Waals surface area (Å²) >= 11 is 0. The van der Waals surface area contributed by atoms with Gasteiger partial charge >= 0.3 is 0 Å². The van der Waals surface area contributed by atoms with Gasteiger partial charge in [0.15, 0.2) is 0 Å². The summed E-state index contributed by atoms with van der Waals surface area (Å²) < 4.78 is 13.3. The highest BCUT2D eigenvalue weighted by Gasteiger charge is 2.31. The van der Waals surface area contributed by atoms with Crippen molar-refractivity contribution in [1.29, 1.82) is 5.26 Å². The van der Waals surface area contributed by atoms with Gasteiger partial charge in [0.2, 0.25) is 0 Å². The van der Waals surface area contributed by atoms with Gasteiger partial charge in [0, 0.05) is 30.4 Å². The molecule has 0 spiro atoms. The molecule has 1 unspecified atom stereocenters. The maximum Gasteiger partial charge on any atom is 0.125 e. The number of nitriles is 1. The van der Waals surface area contributed by atoms with Crippen molar-refractivity contribution >= 4 is 5.69 Å². The van der Waals surface area contributed by atoms with Crippen molar-refractivity contribution in [2.75, 3.05) is 18.0 Å². The molecule has 1 aliphatic rings. The Labute approximate surface area is 107 Å². The molecule has 1 aromatic rings. The van der Waals surface area contributed by atoms with E-state index in [2.05, 4.69) is 30.1 Å². The van der Waals surface area contributed by atoms with Gasteiger partial charge in [-0.05, 0) is 32.0 Å². The quantitative estimate of drug-likeness (QED) is 0.871. The number of hydrogen-bond acceptors (Lipinski definition) is 3. The van der Waals surface area contributed by atoms with E-state index in [4.69, 9.17) is 5.26 Å². The highest BCUT2D eigenvalue weighted by molar-refractivity contribution is 5.48. The van der Waals surface area contributed by atoms with Crippen LogP contribution in [0.5, 0.6) is 0 Å². The second-order valence-electron chi connectivity index (χ2n) is 5.45. The van der Waals surface area contributed by atoms with Gasteiger partial charge in [-0.3, -0.25) is 0 Å². The average Bonchev–Trinajstić information content (AvgIpc) is 2.27. The summed E-state index contributed by atoms with van der Waals surface area (Å²) in [5.74, 6) is -0.222. The molecule has 1 heterocycles. The van der Waals surface area contributed by atoms with E-state index in [9.17, 15) is 4.39 Å². The number of rotatable bonds is 2. The Hall–Kier alpha value is -1.60. The molecule has 1 atom stereocenters. The minimum Gasteiger partial charge on any atom is -0.368 e. The number of hydrogen-bond donors (Lipinski definition) is 1. The predicted molar refractivity (Wildman–Crippen MR) is 69.8 cm³/mol. The molecule has 1 saturated heterocycles. The van der Waals surface area contributed by atoms with Crippen LogP contribution in [0.2, 0.25) is 0 Å². The fraction of sp³-hybridized carbons (Fsp3) is 0.500. The molecule has 4 heteroatoms. The van der Waals surface area contributed by atoms with Crippen molar-refractivity contribution < 1.29 is 4.39 Å². The molecule has 96 valence electrons. The second kappa shape index (κ2) is 4.95. The van der Waals surface area contributed by atoms with Gasteiger partial charge < -0.3 is 10.2 Å². The molecular formula is C14H18FN3. The van der Waals surface area contributed by atoms with Crippen LogP contribution in [-0.4, -0.2) is 24.7 Å². The summed E-state index contributed by atoms with van der Waals surface area (Å²) in [4.78, 5) is 2.14. The van der Waals surface area contributed by atoms with E-state index in [0.29, 0.717) is 6.42 Å². The first-order chi connectivity index (χ1) is 8.50. The van der Waals surface area contributed by atoms with E-state index in [1.807, 2.05) is 6.07 Å². The molecule has 0 bridgehead atoms. The van der Waals surface area contributed by atoms with Gasteiger partial charge in [0.05, 0.1) is 12.5 Å². The molecule has 18 heavy (non-hydrogen) atoms. The van der Waals surface area contributed by atoms with Gasteiger partial charge in [-0.2, -0.15) is 5.26 Å². The second-order valence-corrected chi connectivity index (χ2v) is 5.45. The molecule has 0 saturated carbocycles. The summed E-state index contributed by atoms with van der Waals surface area (Å²) in [5.41, 5.74) is 0.805. The number of anilines is 1. The smallest absolute Gasteiger partial charge is 0.125 e. The van der Waals surface area contributed by atoms with Crippen LogP contribution in [0.3, 0.4) is 0 Å². The highest BCUT2D eigenvalue weighted by atomic mass is 19.1. The van der Waals surface area contributed by atoms with E-state index >= 15 is 0 Å². The van der Waals surface area contributed by atoms with Crippen LogP contribution in [0.25, 0.3) is 0 Å². The van der Waals surface area contributed by atoms with Gasteiger partial charge in [-0.15, -0.1) is 0 Å². The third kappa shape index (κ3) is 2.99. The van der Waals surface area contributed by atoms with Crippen molar-refractivity contribution in [3.63, 3.8) is 0 Å². The summed E-state index contributed by atoms with van der Waals surface area (Å²) in [7, 11) is 0. The summed E-state index contributed by atoms with van der Waals surface area (Å²) in [5, 5.41) is 12.3. The molecule has 0 aliphatic carbocycles. The normalized spacial score (nSPS) is 22.6. The Morgan fingerprint density at radius 3 is 3.00 bits per heavy atom. The van der Waals surface area contributed by atoms with Crippen molar-refractivity contribution in [2.24, 2.45) is 0 Å². The molecule has 1 aromatic carbocycles. The van der Waals surface area contributed by atoms with Crippen LogP contribution in [0, 0.1) is 17.1 Å². The van der Waals surface area contributed by atoms with Gasteiger partial charge in [-0.25, -0.2) is 4.39 Å². The fourth-order valence-corrected chi connectivity index (χ4v) is 2.55. The van der Waals surface area contributed by atoms with Gasteiger partial charge in [0.1, 0.15) is 5.82 Å². The third-order valence-corrected chi connectivity index (χ3v) is 3.13. The third-order valence-electron chi connectivity index (χ3n) is 3.13. The monoisotopic (exact) mass is 247 g/mol. The Kier molecular flexibility index (Phi) is 3.53. The predicted octanol–water partition coefficient (Wildman–Crippen LogP) is 2.30. The first-order valence-corrected chi connectivity index (χ1v) is 6.15. The summed E-state index contributed by atoms with van der Waals surface area (Å²) in [6.45, 7) is 5.74. The van der Waals surface area contributed by atoms with Crippen LogP contribution in [-0.2, 0) is 0 Å². The minimum atomic E-state index is -0.222. The lowest BCUT2D eigenvalue weighted by molar-refractivity contribution is 0.291. The topological polar surface area (TPSA) is 39.1 Å². The summed E-state index contributed by atoms with van der Waals surface area (Å²) in [6.07, 6.45) is 0.468. The minimum absolute atomic E-state index is 0.0773. The van der Waals surface area contributed by atoms with Crippen molar-refractivity contribution in [2.45, 2.75) is 31.8 Å². The average molecular weight is 247 g/mol. The number of piperazine rings is 1. The summed E-state index contributed by atoms with van der Waals surface area (Å²) in [6, 6.07) is 8.95. The zero-order valence-corrected chi connectivity index (χ0v) is 10.8. The Morgan fingerprint density at radius 1 is 1.56 bits per heavy atom. The molecule has 1 fully saturated rings. The van der Waals surface area contributed by atoms with Crippen LogP contribution in [0.1, 0.15) is 20.3 Å². The first-order valence-electron chi connectivity index (χ1n) is 6.15. The molecule has 1 aliphatic heterocycles. The van der Waals surface area contributed by atoms with E-state index in [-0.39, 0.29) is 17.4 Å². The maximum atomic E-state index is 13.3. The molecule has 0 aromatic heterocycles. The van der Waals surface area contributed by atoms with Crippen LogP contribution < -0.4 is 10.2 Å². The molecular weight excluding hydrogens is 229 g/mol. The lowest BCUT2D eigenvalue weighted by Gasteiger charge is -2.44. The Morgan fingerprint density at radius 2 is 2.33 bits per heavy atom. The van der Waals surface area contributed by atoms with Crippen LogP contribution >= 0.6 is 0 Å². The molecule has 1 N–H and O–H groups in total. The zero-order valence-electron chi connectivity index (χ0n) is 10.8. The number of nitrogens with zero attached hydrogens (tertiary/aromatic N) is 2. The van der Waals surface area contributed by atoms with Crippen molar-refractivity contribution in [1.82, 2.24) is 5.32 Å². The van der Waals surface area contributed by atoms with E-state index in [1.165, 1.54) is 6.07 Å². The number of nitrogens with one attached hydrogen (secondary N) is 1. The molecule has 0 radical (unpaired) electrons. The van der Waals surface area contributed by atoms with Crippen molar-refractivity contribution in [3.05, 3.63) is 30.1 Å². The SMILES string of the molecule is CC1(C)CN(c2cccc(F)c2)CC(CC#N)N1. The first kappa shape index (κ1) is 12.8. The molecule has 0 amide bonds. The number of benzene rings is 1. The van der Waals surface area contributed by atoms with Crippen molar-refractivity contribution in [3.8, 4) is 6.07 Å². The lowest BCUT2D eigenvalue weighted by atomic mass is 9.97. The molecule has 3 nitrogen and oxygen atoms in total. The largest absolute Gasteiger partial charge is 0.368 e. The Balaban J connectivity index is 2.20. The molecule has 2 rings (SSSR count). The van der Waals surface area contributed by atoms with Gasteiger partial charge in [0.25, 0.3) is 0 Å². The van der Waals surface area contributed by atoms with E-state index in [0.717, 1.165) is 18.8 Å². The van der Waals surface area contributed by atoms with E-state index < -0.39 is 0 Å². The Bertz CT molecular complexity index is 464. The van der Waals surface area contributed by atoms with Crippen LogP contribution in [0.4, 0.5) is 10.1 Å². The standard InChI is InChI=1S/C14H18FN3/c1-14(2)10-18(9-12(17-14)6-7-16)13-5-3-4-11(15)8-13/h3-5,8,12,17H,6,9-10H2,1-2H3. The highest BCUT2D eigenvalue weighted by Crippen LogP contribution is 2.23.